The molecule has 1 saturated heterocycles. The first-order chi connectivity index (χ1) is 16.9. The highest BCUT2D eigenvalue weighted by molar-refractivity contribution is 6.31. The van der Waals surface area contributed by atoms with E-state index < -0.39 is 11.9 Å². The Bertz CT molecular complexity index is 1380. The fourth-order valence-electron chi connectivity index (χ4n) is 4.49. The molecule has 5 rings (SSSR count). The highest BCUT2D eigenvalue weighted by Crippen LogP contribution is 2.31. The maximum absolute atomic E-state index is 14.2. The molecule has 0 aliphatic carbocycles. The van der Waals surface area contributed by atoms with Gasteiger partial charge in [-0.05, 0) is 62.6 Å². The molecule has 7 nitrogen and oxygen atoms in total. The summed E-state index contributed by atoms with van der Waals surface area (Å²) < 4.78 is 20.2. The van der Waals surface area contributed by atoms with E-state index in [2.05, 4.69) is 32.0 Å². The van der Waals surface area contributed by atoms with Crippen LogP contribution in [-0.2, 0) is 0 Å². The zero-order valence-corrected chi connectivity index (χ0v) is 20.1. The van der Waals surface area contributed by atoms with Crippen LogP contribution in [0.5, 0.6) is 5.75 Å². The van der Waals surface area contributed by atoms with Crippen LogP contribution in [0.3, 0.4) is 0 Å². The number of ether oxygens (including phenoxy) is 1. The number of hydrogen-bond donors (Lipinski definition) is 3. The number of piperidine rings is 1. The number of rotatable bonds is 6. The number of nitrogens with zero attached hydrogens (tertiary/aromatic N) is 3. The number of aromatic amines is 1. The summed E-state index contributed by atoms with van der Waals surface area (Å²) in [5.41, 5.74) is 10.3. The summed E-state index contributed by atoms with van der Waals surface area (Å²) in [6.45, 7) is 3.81. The van der Waals surface area contributed by atoms with Gasteiger partial charge in [0.05, 0.1) is 22.3 Å². The number of nitrogen functional groups attached to an aromatic ring is 1. The van der Waals surface area contributed by atoms with Crippen LogP contribution in [0, 0.1) is 11.2 Å². The number of H-pyrrole nitrogens is 1. The highest BCUT2D eigenvalue weighted by Gasteiger charge is 2.20. The average Bonchev–Trinajstić information content (AvgIpc) is 3.29. The second-order valence-corrected chi connectivity index (χ2v) is 9.14. The van der Waals surface area contributed by atoms with Crippen molar-refractivity contribution >= 4 is 39.7 Å². The number of fused-ring (bicyclic) bond motifs is 1. The van der Waals surface area contributed by atoms with Gasteiger partial charge >= 0.3 is 0 Å². The molecular formula is C26H26ClFN6O. The van der Waals surface area contributed by atoms with Gasteiger partial charge in [-0.3, -0.25) is 10.4 Å². The number of pyridine rings is 1. The number of benzene rings is 2. The first-order valence-corrected chi connectivity index (χ1v) is 12.0. The van der Waals surface area contributed by atoms with Gasteiger partial charge in [0.2, 0.25) is 0 Å². The van der Waals surface area contributed by atoms with Crippen molar-refractivity contribution < 1.29 is 9.13 Å². The number of nitrogens with one attached hydrogen (secondary N) is 2. The van der Waals surface area contributed by atoms with E-state index in [1.54, 1.807) is 25.1 Å². The number of imidazole rings is 1. The Morgan fingerprint density at radius 1 is 1.17 bits per heavy atom. The van der Waals surface area contributed by atoms with Crippen LogP contribution in [0.4, 0.5) is 15.8 Å². The molecule has 0 bridgehead atoms. The van der Waals surface area contributed by atoms with Crippen molar-refractivity contribution in [2.75, 3.05) is 23.7 Å². The fraction of sp³-hybridized carbons (Fsp3) is 0.269. The molecule has 9 heteroatoms. The molecule has 2 aromatic carbocycles. The van der Waals surface area contributed by atoms with Gasteiger partial charge in [-0.25, -0.2) is 9.37 Å². The molecule has 3 heterocycles. The van der Waals surface area contributed by atoms with Crippen LogP contribution >= 0.6 is 11.6 Å². The largest absolute Gasteiger partial charge is 0.486 e. The van der Waals surface area contributed by atoms with Gasteiger partial charge < -0.3 is 20.4 Å². The number of halogens is 2. The van der Waals surface area contributed by atoms with E-state index in [4.69, 9.17) is 27.5 Å². The summed E-state index contributed by atoms with van der Waals surface area (Å²) >= 11 is 6.12. The van der Waals surface area contributed by atoms with E-state index in [1.807, 2.05) is 6.07 Å². The Hall–Kier alpha value is -3.65. The second-order valence-electron chi connectivity index (χ2n) is 8.74. The lowest BCUT2D eigenvalue weighted by molar-refractivity contribution is 0.221. The second kappa shape index (κ2) is 9.54. The van der Waals surface area contributed by atoms with Gasteiger partial charge in [0, 0.05) is 41.8 Å². The van der Waals surface area contributed by atoms with Crippen molar-refractivity contribution in [2.24, 2.45) is 0 Å². The predicted octanol–water partition coefficient (Wildman–Crippen LogP) is 5.88. The molecule has 4 N–H and O–H groups in total. The SMILES string of the molecule is CC(Oc1ccc(N)c(C(=N)c2nc3ccc(N4CCCCC4)cc3[nH]2)c1)c1c(F)cncc1Cl. The van der Waals surface area contributed by atoms with Crippen molar-refractivity contribution in [1.82, 2.24) is 15.0 Å². The summed E-state index contributed by atoms with van der Waals surface area (Å²) in [6.07, 6.45) is 5.49. The topological polar surface area (TPSA) is 104 Å². The third-order valence-electron chi connectivity index (χ3n) is 6.33. The van der Waals surface area contributed by atoms with Crippen LogP contribution in [0.1, 0.15) is 49.2 Å². The standard InChI is InChI=1S/C26H26ClFN6O/c1-15(24-19(27)13-31-14-20(24)28)35-17-6-7-21(29)18(12-17)25(30)26-32-22-8-5-16(11-23(22)33-26)34-9-3-2-4-10-34/h5-8,11-15,30H,2-4,9-10,29H2,1H3,(H,32,33). The summed E-state index contributed by atoms with van der Waals surface area (Å²) in [6, 6.07) is 11.1. The molecule has 0 spiro atoms. The normalized spacial score (nSPS) is 14.8. The quantitative estimate of drug-likeness (QED) is 0.230. The van der Waals surface area contributed by atoms with Crippen LogP contribution in [-0.4, -0.2) is 33.8 Å². The summed E-state index contributed by atoms with van der Waals surface area (Å²) in [5, 5.41) is 8.96. The third-order valence-corrected chi connectivity index (χ3v) is 6.63. The summed E-state index contributed by atoms with van der Waals surface area (Å²) in [5.74, 6) is 0.303. The van der Waals surface area contributed by atoms with E-state index >= 15 is 0 Å². The van der Waals surface area contributed by atoms with Gasteiger partial charge in [0.1, 0.15) is 23.4 Å². The van der Waals surface area contributed by atoms with Crippen molar-refractivity contribution in [3.05, 3.63) is 76.6 Å². The van der Waals surface area contributed by atoms with Gasteiger partial charge in [-0.15, -0.1) is 0 Å². The highest BCUT2D eigenvalue weighted by atomic mass is 35.5. The minimum absolute atomic E-state index is 0.143. The molecule has 0 radical (unpaired) electrons. The van der Waals surface area contributed by atoms with Gasteiger partial charge in [0.15, 0.2) is 5.82 Å². The number of nitrogens with two attached hydrogens (primary N) is 1. The number of aromatic nitrogens is 3. The lowest BCUT2D eigenvalue weighted by Crippen LogP contribution is -2.29. The van der Waals surface area contributed by atoms with Crippen LogP contribution in [0.15, 0.2) is 48.8 Å². The molecule has 1 fully saturated rings. The van der Waals surface area contributed by atoms with Gasteiger partial charge in [0.25, 0.3) is 0 Å². The Kier molecular flexibility index (Phi) is 6.30. The smallest absolute Gasteiger partial charge is 0.157 e. The molecule has 2 aromatic heterocycles. The van der Waals surface area contributed by atoms with Crippen LogP contribution in [0.2, 0.25) is 5.02 Å². The summed E-state index contributed by atoms with van der Waals surface area (Å²) in [7, 11) is 0. The van der Waals surface area contributed by atoms with Crippen molar-refractivity contribution in [3.63, 3.8) is 0 Å². The number of anilines is 2. The molecule has 1 aliphatic rings. The average molecular weight is 493 g/mol. The molecule has 0 saturated carbocycles. The first kappa shape index (κ1) is 23.1. The zero-order valence-electron chi connectivity index (χ0n) is 19.3. The van der Waals surface area contributed by atoms with E-state index in [0.717, 1.165) is 36.0 Å². The zero-order chi connectivity index (χ0) is 24.5. The molecule has 1 unspecified atom stereocenters. The van der Waals surface area contributed by atoms with E-state index in [9.17, 15) is 4.39 Å². The first-order valence-electron chi connectivity index (χ1n) is 11.6. The Morgan fingerprint density at radius 3 is 2.74 bits per heavy atom. The molecule has 0 amide bonds. The van der Waals surface area contributed by atoms with Crippen LogP contribution < -0.4 is 15.4 Å². The summed E-state index contributed by atoms with van der Waals surface area (Å²) in [4.78, 5) is 14.0. The minimum Gasteiger partial charge on any atom is -0.486 e. The number of hydrogen-bond acceptors (Lipinski definition) is 6. The molecule has 1 atom stereocenters. The molecular weight excluding hydrogens is 467 g/mol. The minimum atomic E-state index is -0.671. The van der Waals surface area contributed by atoms with Crippen molar-refractivity contribution in [1.29, 1.82) is 5.41 Å². The van der Waals surface area contributed by atoms with E-state index in [-0.39, 0.29) is 16.3 Å². The van der Waals surface area contributed by atoms with Crippen molar-refractivity contribution in [2.45, 2.75) is 32.3 Å². The van der Waals surface area contributed by atoms with Crippen molar-refractivity contribution in [3.8, 4) is 5.75 Å². The lowest BCUT2D eigenvalue weighted by Gasteiger charge is -2.28. The Labute approximate surface area is 207 Å². The van der Waals surface area contributed by atoms with E-state index in [0.29, 0.717) is 22.8 Å². The molecule has 1 aliphatic heterocycles. The van der Waals surface area contributed by atoms with Gasteiger partial charge in [-0.2, -0.15) is 0 Å². The fourth-order valence-corrected chi connectivity index (χ4v) is 4.79. The Balaban J connectivity index is 1.40. The maximum Gasteiger partial charge on any atom is 0.157 e. The molecule has 4 aromatic rings. The molecule has 180 valence electrons. The van der Waals surface area contributed by atoms with E-state index in [1.165, 1.54) is 25.5 Å². The monoisotopic (exact) mass is 492 g/mol. The van der Waals surface area contributed by atoms with Gasteiger partial charge in [-0.1, -0.05) is 11.6 Å². The lowest BCUT2D eigenvalue weighted by atomic mass is 10.1. The maximum atomic E-state index is 14.2. The third kappa shape index (κ3) is 4.66. The predicted molar refractivity (Wildman–Crippen MR) is 137 cm³/mol. The Morgan fingerprint density at radius 2 is 1.97 bits per heavy atom. The molecule has 35 heavy (non-hydrogen) atoms. The van der Waals surface area contributed by atoms with Crippen LogP contribution in [0.25, 0.3) is 11.0 Å².